The second kappa shape index (κ2) is 10.4. The lowest BCUT2D eigenvalue weighted by Crippen LogP contribution is -2.38. The highest BCUT2D eigenvalue weighted by molar-refractivity contribution is 7.89. The average Bonchev–Trinajstić information content (AvgIpc) is 2.77. The summed E-state index contributed by atoms with van der Waals surface area (Å²) in [6, 6.07) is 20.4. The van der Waals surface area contributed by atoms with E-state index >= 15 is 0 Å². The van der Waals surface area contributed by atoms with Gasteiger partial charge >= 0.3 is 0 Å². The minimum absolute atomic E-state index is 0.175. The summed E-state index contributed by atoms with van der Waals surface area (Å²) < 4.78 is 32.4. The van der Waals surface area contributed by atoms with Gasteiger partial charge in [-0.25, -0.2) is 8.42 Å². The molecular formula is C24H28N2O4S. The molecule has 0 unspecified atom stereocenters. The Kier molecular flexibility index (Phi) is 7.65. The highest BCUT2D eigenvalue weighted by Crippen LogP contribution is 2.21. The number of aryl methyl sites for hydroxylation is 1. The molecule has 0 spiro atoms. The molecule has 0 bridgehead atoms. The van der Waals surface area contributed by atoms with Crippen LogP contribution in [0, 0.1) is 0 Å². The summed E-state index contributed by atoms with van der Waals surface area (Å²) in [7, 11) is -2.34. The van der Waals surface area contributed by atoms with E-state index in [1.54, 1.807) is 18.2 Å². The zero-order valence-corrected chi connectivity index (χ0v) is 18.7. The molecule has 1 amide bonds. The Bertz CT molecular complexity index is 1150. The number of para-hydroxylation sites is 1. The number of nitrogens with one attached hydrogen (secondary N) is 1. The summed E-state index contributed by atoms with van der Waals surface area (Å²) in [5.41, 5.74) is 1.09. The Morgan fingerprint density at radius 1 is 1.00 bits per heavy atom. The number of benzene rings is 3. The van der Waals surface area contributed by atoms with Gasteiger partial charge in [-0.3, -0.25) is 4.79 Å². The van der Waals surface area contributed by atoms with Crippen molar-refractivity contribution in [1.29, 1.82) is 0 Å². The van der Waals surface area contributed by atoms with Gasteiger partial charge in [-0.15, -0.1) is 0 Å². The molecule has 3 rings (SSSR count). The Morgan fingerprint density at radius 2 is 1.71 bits per heavy atom. The first-order valence-electron chi connectivity index (χ1n) is 10.3. The van der Waals surface area contributed by atoms with Gasteiger partial charge in [0.1, 0.15) is 5.75 Å². The number of likely N-dealkylation sites (N-methyl/N-ethyl adjacent to an activating group) is 1. The predicted molar refractivity (Wildman–Crippen MR) is 123 cm³/mol. The standard InChI is InChI=1S/C24H28N2O4S/c1-3-30-23-13-7-6-10-20(23)12-8-16-25-24(27)18-26(2)31(28,29)22-15-14-19-9-4-5-11-21(19)17-22/h4-7,9-11,13-15,17H,3,8,12,16,18H2,1-2H3,(H,25,27). The minimum Gasteiger partial charge on any atom is -0.494 e. The van der Waals surface area contributed by atoms with Crippen LogP contribution in [-0.4, -0.2) is 45.4 Å². The summed E-state index contributed by atoms with van der Waals surface area (Å²) in [6.07, 6.45) is 1.50. The molecule has 0 aromatic heterocycles. The highest BCUT2D eigenvalue weighted by atomic mass is 32.2. The van der Waals surface area contributed by atoms with Gasteiger partial charge in [-0.2, -0.15) is 4.31 Å². The molecule has 1 N–H and O–H groups in total. The van der Waals surface area contributed by atoms with Crippen LogP contribution >= 0.6 is 0 Å². The fraction of sp³-hybridized carbons (Fsp3) is 0.292. The molecule has 6 nitrogen and oxygen atoms in total. The maximum Gasteiger partial charge on any atom is 0.243 e. The monoisotopic (exact) mass is 440 g/mol. The third kappa shape index (κ3) is 5.83. The zero-order chi connectivity index (χ0) is 22.3. The quantitative estimate of drug-likeness (QED) is 0.489. The van der Waals surface area contributed by atoms with E-state index < -0.39 is 10.0 Å². The number of carbonyl (C=O) groups is 1. The Balaban J connectivity index is 1.52. The topological polar surface area (TPSA) is 75.7 Å². The van der Waals surface area contributed by atoms with Gasteiger partial charge in [-0.1, -0.05) is 48.5 Å². The number of sulfonamides is 1. The zero-order valence-electron chi connectivity index (χ0n) is 17.9. The van der Waals surface area contributed by atoms with Gasteiger partial charge in [0.2, 0.25) is 15.9 Å². The highest BCUT2D eigenvalue weighted by Gasteiger charge is 2.23. The van der Waals surface area contributed by atoms with Crippen molar-refractivity contribution in [3.8, 4) is 5.75 Å². The molecule has 3 aromatic carbocycles. The van der Waals surface area contributed by atoms with Crippen LogP contribution in [0.5, 0.6) is 5.75 Å². The Morgan fingerprint density at radius 3 is 2.48 bits per heavy atom. The smallest absolute Gasteiger partial charge is 0.243 e. The molecule has 0 aliphatic heterocycles. The summed E-state index contributed by atoms with van der Waals surface area (Å²) in [4.78, 5) is 12.5. The maximum absolute atomic E-state index is 12.9. The van der Waals surface area contributed by atoms with E-state index in [4.69, 9.17) is 4.74 Å². The van der Waals surface area contributed by atoms with E-state index in [0.717, 1.165) is 39.2 Å². The molecule has 164 valence electrons. The molecule has 0 aliphatic carbocycles. The molecule has 3 aromatic rings. The normalized spacial score (nSPS) is 11.6. The number of hydrogen-bond donors (Lipinski definition) is 1. The van der Waals surface area contributed by atoms with E-state index in [-0.39, 0.29) is 17.3 Å². The summed E-state index contributed by atoms with van der Waals surface area (Å²) in [5.74, 6) is 0.530. The van der Waals surface area contributed by atoms with Crippen molar-refractivity contribution in [3.05, 3.63) is 72.3 Å². The number of fused-ring (bicyclic) bond motifs is 1. The molecule has 31 heavy (non-hydrogen) atoms. The number of carbonyl (C=O) groups excluding carboxylic acids is 1. The molecule has 0 radical (unpaired) electrons. The lowest BCUT2D eigenvalue weighted by Gasteiger charge is -2.17. The predicted octanol–water partition coefficient (Wildman–Crippen LogP) is 3.61. The Hall–Kier alpha value is -2.90. The molecule has 0 atom stereocenters. The number of rotatable bonds is 10. The van der Waals surface area contributed by atoms with Gasteiger partial charge < -0.3 is 10.1 Å². The Labute approximate surface area is 183 Å². The first kappa shape index (κ1) is 22.8. The van der Waals surface area contributed by atoms with Crippen molar-refractivity contribution in [2.24, 2.45) is 0 Å². The van der Waals surface area contributed by atoms with Crippen LogP contribution in [-0.2, 0) is 21.2 Å². The largest absolute Gasteiger partial charge is 0.494 e. The van der Waals surface area contributed by atoms with Crippen LogP contribution in [0.15, 0.2) is 71.6 Å². The van der Waals surface area contributed by atoms with E-state index in [1.807, 2.05) is 55.5 Å². The fourth-order valence-corrected chi connectivity index (χ4v) is 4.53. The van der Waals surface area contributed by atoms with Gasteiger partial charge in [-0.05, 0) is 54.3 Å². The van der Waals surface area contributed by atoms with E-state index in [1.165, 1.54) is 7.05 Å². The minimum atomic E-state index is -3.76. The van der Waals surface area contributed by atoms with Crippen LogP contribution < -0.4 is 10.1 Å². The molecule has 0 saturated carbocycles. The second-order valence-electron chi connectivity index (χ2n) is 7.26. The van der Waals surface area contributed by atoms with Gasteiger partial charge in [0.25, 0.3) is 0 Å². The van der Waals surface area contributed by atoms with Crippen molar-refractivity contribution in [3.63, 3.8) is 0 Å². The van der Waals surface area contributed by atoms with Crippen LogP contribution in [0.1, 0.15) is 18.9 Å². The van der Waals surface area contributed by atoms with E-state index in [2.05, 4.69) is 5.32 Å². The van der Waals surface area contributed by atoms with Crippen LogP contribution in [0.3, 0.4) is 0 Å². The number of amides is 1. The van der Waals surface area contributed by atoms with Crippen LogP contribution in [0.2, 0.25) is 0 Å². The number of nitrogens with zero attached hydrogens (tertiary/aromatic N) is 1. The fourth-order valence-electron chi connectivity index (χ4n) is 3.36. The second-order valence-corrected chi connectivity index (χ2v) is 9.31. The van der Waals surface area contributed by atoms with E-state index in [0.29, 0.717) is 13.2 Å². The average molecular weight is 441 g/mol. The first-order chi connectivity index (χ1) is 14.9. The number of hydrogen-bond acceptors (Lipinski definition) is 4. The van der Waals surface area contributed by atoms with Crippen LogP contribution in [0.4, 0.5) is 0 Å². The molecular weight excluding hydrogens is 412 g/mol. The van der Waals surface area contributed by atoms with Crippen molar-refractivity contribution in [2.45, 2.75) is 24.7 Å². The van der Waals surface area contributed by atoms with E-state index in [9.17, 15) is 13.2 Å². The molecule has 0 saturated heterocycles. The lowest BCUT2D eigenvalue weighted by molar-refractivity contribution is -0.121. The SMILES string of the molecule is CCOc1ccccc1CCCNC(=O)CN(C)S(=O)(=O)c1ccc2ccccc2c1. The number of ether oxygens (including phenoxy) is 1. The molecule has 0 fully saturated rings. The van der Waals surface area contributed by atoms with Crippen molar-refractivity contribution in [2.75, 3.05) is 26.7 Å². The summed E-state index contributed by atoms with van der Waals surface area (Å²) in [5, 5.41) is 4.61. The van der Waals surface area contributed by atoms with Crippen molar-refractivity contribution >= 4 is 26.7 Å². The van der Waals surface area contributed by atoms with Crippen molar-refractivity contribution < 1.29 is 17.9 Å². The van der Waals surface area contributed by atoms with Gasteiger partial charge in [0, 0.05) is 13.6 Å². The molecule has 0 heterocycles. The first-order valence-corrected chi connectivity index (χ1v) is 11.8. The van der Waals surface area contributed by atoms with Gasteiger partial charge in [0.05, 0.1) is 18.0 Å². The lowest BCUT2D eigenvalue weighted by atomic mass is 10.1. The maximum atomic E-state index is 12.9. The van der Waals surface area contributed by atoms with Gasteiger partial charge in [0.15, 0.2) is 0 Å². The van der Waals surface area contributed by atoms with Crippen LogP contribution in [0.25, 0.3) is 10.8 Å². The molecule has 0 aliphatic rings. The van der Waals surface area contributed by atoms with Crippen molar-refractivity contribution in [1.82, 2.24) is 9.62 Å². The summed E-state index contributed by atoms with van der Waals surface area (Å²) >= 11 is 0. The summed E-state index contributed by atoms with van der Waals surface area (Å²) in [6.45, 7) is 2.78. The molecule has 7 heteroatoms. The third-order valence-corrected chi connectivity index (χ3v) is 6.81. The third-order valence-electron chi connectivity index (χ3n) is 5.01.